The Balaban J connectivity index is 2.71. The zero-order chi connectivity index (χ0) is 13.8. The number of aromatic nitrogens is 1. The molecule has 0 aliphatic carbocycles. The molecule has 1 unspecified atom stereocenters. The SMILES string of the molecule is CCC(C#N)c1nccc2cc(OC)c(OC)cc12. The van der Waals surface area contributed by atoms with Crippen LogP contribution in [0, 0.1) is 11.3 Å². The van der Waals surface area contributed by atoms with Crippen LogP contribution in [-0.4, -0.2) is 19.2 Å². The Hall–Kier alpha value is -2.28. The molecule has 0 fully saturated rings. The van der Waals surface area contributed by atoms with Crippen molar-refractivity contribution in [1.82, 2.24) is 4.98 Å². The lowest BCUT2D eigenvalue weighted by Gasteiger charge is -2.13. The van der Waals surface area contributed by atoms with Crippen LogP contribution in [-0.2, 0) is 0 Å². The van der Waals surface area contributed by atoms with E-state index in [1.807, 2.05) is 25.1 Å². The van der Waals surface area contributed by atoms with Gasteiger partial charge in [0.25, 0.3) is 0 Å². The second kappa shape index (κ2) is 5.57. The minimum absolute atomic E-state index is 0.207. The Morgan fingerprint density at radius 3 is 2.53 bits per heavy atom. The maximum Gasteiger partial charge on any atom is 0.161 e. The van der Waals surface area contributed by atoms with Crippen molar-refractivity contribution in [2.24, 2.45) is 0 Å². The molecule has 1 aromatic heterocycles. The average Bonchev–Trinajstić information content (AvgIpc) is 2.47. The molecule has 0 spiro atoms. The second-order valence-corrected chi connectivity index (χ2v) is 4.21. The molecule has 0 radical (unpaired) electrons. The summed E-state index contributed by atoms with van der Waals surface area (Å²) in [5.74, 6) is 1.12. The van der Waals surface area contributed by atoms with E-state index in [9.17, 15) is 5.26 Å². The molecule has 0 saturated carbocycles. The standard InChI is InChI=1S/C15H16N2O2/c1-4-10(9-16)15-12-8-14(19-3)13(18-2)7-11(12)5-6-17-15/h5-8,10H,4H2,1-3H3. The van der Waals surface area contributed by atoms with Gasteiger partial charge in [-0.15, -0.1) is 0 Å². The van der Waals surface area contributed by atoms with Gasteiger partial charge in [-0.05, 0) is 30.0 Å². The van der Waals surface area contributed by atoms with E-state index in [1.54, 1.807) is 20.4 Å². The number of benzene rings is 1. The highest BCUT2D eigenvalue weighted by Crippen LogP contribution is 2.35. The van der Waals surface area contributed by atoms with Crippen LogP contribution in [0.5, 0.6) is 11.5 Å². The van der Waals surface area contributed by atoms with Gasteiger partial charge < -0.3 is 9.47 Å². The van der Waals surface area contributed by atoms with Crippen LogP contribution in [0.2, 0.25) is 0 Å². The number of hydrogen-bond donors (Lipinski definition) is 0. The molecule has 1 aromatic carbocycles. The molecule has 98 valence electrons. The van der Waals surface area contributed by atoms with E-state index in [1.165, 1.54) is 0 Å². The molecule has 0 aliphatic heterocycles. The highest BCUT2D eigenvalue weighted by atomic mass is 16.5. The summed E-state index contributed by atoms with van der Waals surface area (Å²) in [4.78, 5) is 4.36. The maximum atomic E-state index is 9.22. The van der Waals surface area contributed by atoms with Crippen LogP contribution in [0.4, 0.5) is 0 Å². The predicted molar refractivity (Wildman–Crippen MR) is 73.5 cm³/mol. The third kappa shape index (κ3) is 2.32. The van der Waals surface area contributed by atoms with Crippen LogP contribution in [0.15, 0.2) is 24.4 Å². The van der Waals surface area contributed by atoms with E-state index in [4.69, 9.17) is 9.47 Å². The quantitative estimate of drug-likeness (QED) is 0.842. The van der Waals surface area contributed by atoms with Crippen molar-refractivity contribution in [3.05, 3.63) is 30.1 Å². The summed E-state index contributed by atoms with van der Waals surface area (Å²) in [5, 5.41) is 11.2. The number of nitrogens with zero attached hydrogens (tertiary/aromatic N) is 2. The number of methoxy groups -OCH3 is 2. The highest BCUT2D eigenvalue weighted by Gasteiger charge is 2.15. The Morgan fingerprint density at radius 1 is 1.26 bits per heavy atom. The smallest absolute Gasteiger partial charge is 0.161 e. The van der Waals surface area contributed by atoms with Gasteiger partial charge in [-0.2, -0.15) is 5.26 Å². The first-order chi connectivity index (χ1) is 9.24. The number of nitriles is 1. The minimum atomic E-state index is -0.207. The van der Waals surface area contributed by atoms with Crippen molar-refractivity contribution in [3.8, 4) is 17.6 Å². The van der Waals surface area contributed by atoms with Crippen LogP contribution >= 0.6 is 0 Å². The van der Waals surface area contributed by atoms with Gasteiger partial charge in [0.15, 0.2) is 11.5 Å². The fourth-order valence-electron chi connectivity index (χ4n) is 2.15. The number of fused-ring (bicyclic) bond motifs is 1. The second-order valence-electron chi connectivity index (χ2n) is 4.21. The lowest BCUT2D eigenvalue weighted by atomic mass is 9.98. The fraction of sp³-hybridized carbons (Fsp3) is 0.333. The van der Waals surface area contributed by atoms with Crippen LogP contribution in [0.1, 0.15) is 25.0 Å². The first kappa shape index (κ1) is 13.2. The molecule has 1 heterocycles. The highest BCUT2D eigenvalue weighted by molar-refractivity contribution is 5.88. The maximum absolute atomic E-state index is 9.22. The van der Waals surface area contributed by atoms with E-state index in [-0.39, 0.29) is 5.92 Å². The molecular weight excluding hydrogens is 240 g/mol. The van der Waals surface area contributed by atoms with Gasteiger partial charge >= 0.3 is 0 Å². The topological polar surface area (TPSA) is 55.1 Å². The van der Waals surface area contributed by atoms with Gasteiger partial charge in [0.1, 0.15) is 0 Å². The fourth-order valence-corrected chi connectivity index (χ4v) is 2.15. The monoisotopic (exact) mass is 256 g/mol. The summed E-state index contributed by atoms with van der Waals surface area (Å²) in [5.41, 5.74) is 0.795. The van der Waals surface area contributed by atoms with Crippen molar-refractivity contribution in [1.29, 1.82) is 5.26 Å². The lowest BCUT2D eigenvalue weighted by molar-refractivity contribution is 0.356. The molecule has 4 nitrogen and oxygen atoms in total. The summed E-state index contributed by atoms with van der Waals surface area (Å²) in [6, 6.07) is 7.99. The van der Waals surface area contributed by atoms with Gasteiger partial charge in [-0.25, -0.2) is 0 Å². The lowest BCUT2D eigenvalue weighted by Crippen LogP contribution is -1.99. The zero-order valence-corrected chi connectivity index (χ0v) is 11.3. The largest absolute Gasteiger partial charge is 0.493 e. The molecule has 0 aliphatic rings. The van der Waals surface area contributed by atoms with Crippen LogP contribution in [0.25, 0.3) is 10.8 Å². The summed E-state index contributed by atoms with van der Waals surface area (Å²) in [7, 11) is 3.21. The number of pyridine rings is 1. The molecule has 0 amide bonds. The Kier molecular flexibility index (Phi) is 3.86. The van der Waals surface area contributed by atoms with Gasteiger partial charge in [0, 0.05) is 11.6 Å². The normalized spacial score (nSPS) is 11.9. The van der Waals surface area contributed by atoms with Crippen molar-refractivity contribution < 1.29 is 9.47 Å². The van der Waals surface area contributed by atoms with E-state index in [0.29, 0.717) is 11.5 Å². The van der Waals surface area contributed by atoms with E-state index in [0.717, 1.165) is 22.9 Å². The van der Waals surface area contributed by atoms with Gasteiger partial charge in [-0.1, -0.05) is 6.92 Å². The molecule has 0 bridgehead atoms. The number of hydrogen-bond acceptors (Lipinski definition) is 4. The summed E-state index contributed by atoms with van der Waals surface area (Å²) >= 11 is 0. The predicted octanol–water partition coefficient (Wildman–Crippen LogP) is 3.27. The van der Waals surface area contributed by atoms with Gasteiger partial charge in [-0.3, -0.25) is 4.98 Å². The summed E-state index contributed by atoms with van der Waals surface area (Å²) in [6.45, 7) is 1.98. The molecule has 19 heavy (non-hydrogen) atoms. The number of rotatable bonds is 4. The number of ether oxygens (including phenoxy) is 2. The average molecular weight is 256 g/mol. The molecule has 0 saturated heterocycles. The van der Waals surface area contributed by atoms with E-state index >= 15 is 0 Å². The van der Waals surface area contributed by atoms with Crippen molar-refractivity contribution in [3.63, 3.8) is 0 Å². The summed E-state index contributed by atoms with van der Waals surface area (Å²) < 4.78 is 10.6. The van der Waals surface area contributed by atoms with Gasteiger partial charge in [0.2, 0.25) is 0 Å². The van der Waals surface area contributed by atoms with Gasteiger partial charge in [0.05, 0.1) is 31.9 Å². The minimum Gasteiger partial charge on any atom is -0.493 e. The van der Waals surface area contributed by atoms with E-state index in [2.05, 4.69) is 11.1 Å². The molecule has 2 rings (SSSR count). The molecule has 0 N–H and O–H groups in total. The molecule has 4 heteroatoms. The third-order valence-electron chi connectivity index (χ3n) is 3.19. The molecular formula is C15H16N2O2. The third-order valence-corrected chi connectivity index (χ3v) is 3.19. The van der Waals surface area contributed by atoms with Crippen molar-refractivity contribution in [2.45, 2.75) is 19.3 Å². The first-order valence-corrected chi connectivity index (χ1v) is 6.15. The zero-order valence-electron chi connectivity index (χ0n) is 11.3. The van der Waals surface area contributed by atoms with E-state index < -0.39 is 0 Å². The first-order valence-electron chi connectivity index (χ1n) is 6.15. The Bertz CT molecular complexity index is 632. The Labute approximate surface area is 112 Å². The van der Waals surface area contributed by atoms with Crippen LogP contribution < -0.4 is 9.47 Å². The van der Waals surface area contributed by atoms with Crippen molar-refractivity contribution >= 4 is 10.8 Å². The Morgan fingerprint density at radius 2 is 1.95 bits per heavy atom. The van der Waals surface area contributed by atoms with Crippen LogP contribution in [0.3, 0.4) is 0 Å². The van der Waals surface area contributed by atoms with Crippen molar-refractivity contribution in [2.75, 3.05) is 14.2 Å². The molecule has 2 aromatic rings. The molecule has 1 atom stereocenters. The summed E-state index contributed by atoms with van der Waals surface area (Å²) in [6.07, 6.45) is 2.46.